The Hall–Kier alpha value is -2.01. The van der Waals surface area contributed by atoms with Gasteiger partial charge in [-0.25, -0.2) is 0 Å². The summed E-state index contributed by atoms with van der Waals surface area (Å²) in [5, 5.41) is 3.39. The van der Waals surface area contributed by atoms with E-state index in [1.165, 1.54) is 11.6 Å². The maximum absolute atomic E-state index is 13.3. The summed E-state index contributed by atoms with van der Waals surface area (Å²) in [5.74, 6) is 0. The summed E-state index contributed by atoms with van der Waals surface area (Å²) >= 11 is 0. The van der Waals surface area contributed by atoms with Crippen molar-refractivity contribution >= 4 is 5.69 Å². The van der Waals surface area contributed by atoms with Gasteiger partial charge >= 0.3 is 6.18 Å². The van der Waals surface area contributed by atoms with Crippen LogP contribution < -0.4 is 10.2 Å². The van der Waals surface area contributed by atoms with Crippen molar-refractivity contribution in [2.75, 3.05) is 24.5 Å². The minimum atomic E-state index is -4.34. The Morgan fingerprint density at radius 1 is 1.04 bits per heavy atom. The van der Waals surface area contributed by atoms with Gasteiger partial charge < -0.3 is 10.2 Å². The van der Waals surface area contributed by atoms with Crippen LogP contribution in [0.4, 0.5) is 18.9 Å². The molecule has 2 nitrogen and oxygen atoms in total. The molecule has 0 amide bonds. The zero-order valence-corrected chi connectivity index (χ0v) is 13.2. The topological polar surface area (TPSA) is 15.3 Å². The number of fused-ring (bicyclic) bond motifs is 3. The number of rotatable bonds is 1. The molecule has 0 aliphatic carbocycles. The van der Waals surface area contributed by atoms with Crippen molar-refractivity contribution in [3.05, 3.63) is 53.6 Å². The number of hydrogen-bond donors (Lipinski definition) is 1. The van der Waals surface area contributed by atoms with Gasteiger partial charge in [0.25, 0.3) is 0 Å². The van der Waals surface area contributed by atoms with Crippen molar-refractivity contribution in [1.82, 2.24) is 5.32 Å². The van der Waals surface area contributed by atoms with Crippen LogP contribution in [-0.4, -0.2) is 25.7 Å². The van der Waals surface area contributed by atoms with E-state index in [0.29, 0.717) is 11.6 Å². The Kier molecular flexibility index (Phi) is 3.76. The molecular formula is C19H19F3N2. The third-order valence-electron chi connectivity index (χ3n) is 5.02. The third kappa shape index (κ3) is 2.67. The van der Waals surface area contributed by atoms with Crippen molar-refractivity contribution < 1.29 is 13.2 Å². The molecule has 0 aromatic heterocycles. The molecule has 2 aliphatic heterocycles. The number of anilines is 1. The van der Waals surface area contributed by atoms with Crippen LogP contribution in [0.5, 0.6) is 0 Å². The maximum atomic E-state index is 13.3. The molecule has 5 heteroatoms. The Morgan fingerprint density at radius 3 is 2.71 bits per heavy atom. The molecule has 0 spiro atoms. The molecule has 4 rings (SSSR count). The van der Waals surface area contributed by atoms with Crippen molar-refractivity contribution in [3.63, 3.8) is 0 Å². The Morgan fingerprint density at radius 2 is 1.88 bits per heavy atom. The number of nitrogens with one attached hydrogen (secondary N) is 1. The Bertz CT molecular complexity index is 755. The van der Waals surface area contributed by atoms with Gasteiger partial charge in [0, 0.05) is 24.8 Å². The van der Waals surface area contributed by atoms with Crippen LogP contribution in [0, 0.1) is 0 Å². The first-order valence-electron chi connectivity index (χ1n) is 8.31. The zero-order valence-electron chi connectivity index (χ0n) is 13.2. The van der Waals surface area contributed by atoms with E-state index in [1.807, 2.05) is 18.2 Å². The summed E-state index contributed by atoms with van der Waals surface area (Å²) in [6.45, 7) is 2.82. The van der Waals surface area contributed by atoms with Gasteiger partial charge in [0.2, 0.25) is 0 Å². The van der Waals surface area contributed by atoms with Gasteiger partial charge in [0.05, 0.1) is 5.56 Å². The van der Waals surface area contributed by atoms with Crippen LogP contribution in [0.1, 0.15) is 17.5 Å². The lowest BCUT2D eigenvalue weighted by Crippen LogP contribution is -2.32. The van der Waals surface area contributed by atoms with Crippen LogP contribution in [0.15, 0.2) is 42.5 Å². The summed E-state index contributed by atoms with van der Waals surface area (Å²) < 4.78 is 39.9. The van der Waals surface area contributed by atoms with Crippen LogP contribution in [0.2, 0.25) is 0 Å². The van der Waals surface area contributed by atoms with E-state index in [-0.39, 0.29) is 5.56 Å². The molecule has 0 bridgehead atoms. The third-order valence-corrected chi connectivity index (χ3v) is 5.02. The predicted octanol–water partition coefficient (Wildman–Crippen LogP) is 4.10. The molecule has 24 heavy (non-hydrogen) atoms. The number of halogens is 3. The highest BCUT2D eigenvalue weighted by molar-refractivity contribution is 5.75. The first-order valence-corrected chi connectivity index (χ1v) is 8.31. The lowest BCUT2D eigenvalue weighted by Gasteiger charge is -2.25. The fraction of sp³-hybridized carbons (Fsp3) is 0.368. The van der Waals surface area contributed by atoms with Gasteiger partial charge in [-0.15, -0.1) is 0 Å². The molecule has 2 aliphatic rings. The molecule has 1 atom stereocenters. The van der Waals surface area contributed by atoms with Gasteiger partial charge in [-0.1, -0.05) is 30.3 Å². The van der Waals surface area contributed by atoms with E-state index < -0.39 is 11.7 Å². The average molecular weight is 332 g/mol. The molecule has 2 aromatic rings. The van der Waals surface area contributed by atoms with E-state index in [2.05, 4.69) is 10.2 Å². The lowest BCUT2D eigenvalue weighted by atomic mass is 9.97. The number of hydrogen-bond acceptors (Lipinski definition) is 2. The van der Waals surface area contributed by atoms with Crippen LogP contribution in [0.25, 0.3) is 11.1 Å². The van der Waals surface area contributed by atoms with Crippen LogP contribution in [-0.2, 0) is 12.6 Å². The number of nitrogens with zero attached hydrogens (tertiary/aromatic N) is 1. The quantitative estimate of drug-likeness (QED) is 0.846. The second-order valence-electron chi connectivity index (χ2n) is 6.48. The fourth-order valence-electron chi connectivity index (χ4n) is 3.87. The predicted molar refractivity (Wildman–Crippen MR) is 89.2 cm³/mol. The van der Waals surface area contributed by atoms with Crippen molar-refractivity contribution in [2.24, 2.45) is 0 Å². The van der Waals surface area contributed by atoms with Gasteiger partial charge in [-0.2, -0.15) is 13.2 Å². The summed E-state index contributed by atoms with van der Waals surface area (Å²) in [6.07, 6.45) is -2.29. The summed E-state index contributed by atoms with van der Waals surface area (Å²) in [6, 6.07) is 12.0. The molecule has 0 radical (unpaired) electrons. The molecule has 1 unspecified atom stereocenters. The Labute approximate surface area is 139 Å². The first kappa shape index (κ1) is 15.5. The minimum absolute atomic E-state index is 0.254. The molecule has 126 valence electrons. The standard InChI is InChI=1S/C19H19F3N2/c20-19(21,22)17-4-2-1-3-16(17)13-5-6-14-11-15-7-8-23-9-10-24(15)18(14)12-13/h1-6,12,15,23H,7-11H2. The normalized spacial score (nSPS) is 20.5. The van der Waals surface area contributed by atoms with E-state index in [9.17, 15) is 13.2 Å². The smallest absolute Gasteiger partial charge is 0.367 e. The average Bonchev–Trinajstić information content (AvgIpc) is 2.74. The molecule has 1 N–H and O–H groups in total. The first-order chi connectivity index (χ1) is 11.5. The van der Waals surface area contributed by atoms with Gasteiger partial charge in [0.15, 0.2) is 0 Å². The Balaban J connectivity index is 1.77. The number of benzene rings is 2. The van der Waals surface area contributed by atoms with Crippen molar-refractivity contribution in [3.8, 4) is 11.1 Å². The van der Waals surface area contributed by atoms with E-state index in [1.54, 1.807) is 12.1 Å². The lowest BCUT2D eigenvalue weighted by molar-refractivity contribution is -0.137. The highest BCUT2D eigenvalue weighted by Gasteiger charge is 2.34. The minimum Gasteiger partial charge on any atom is -0.367 e. The molecule has 0 saturated carbocycles. The molecule has 2 aromatic carbocycles. The van der Waals surface area contributed by atoms with Gasteiger partial charge in [0.1, 0.15) is 0 Å². The zero-order chi connectivity index (χ0) is 16.7. The molecule has 2 heterocycles. The molecule has 1 fully saturated rings. The fourth-order valence-corrected chi connectivity index (χ4v) is 3.87. The second-order valence-corrected chi connectivity index (χ2v) is 6.48. The van der Waals surface area contributed by atoms with Crippen LogP contribution >= 0.6 is 0 Å². The highest BCUT2D eigenvalue weighted by Crippen LogP contribution is 2.41. The summed E-state index contributed by atoms with van der Waals surface area (Å²) in [4.78, 5) is 2.36. The summed E-state index contributed by atoms with van der Waals surface area (Å²) in [7, 11) is 0. The van der Waals surface area contributed by atoms with Crippen molar-refractivity contribution in [2.45, 2.75) is 25.1 Å². The molecule has 1 saturated heterocycles. The van der Waals surface area contributed by atoms with Crippen LogP contribution in [0.3, 0.4) is 0 Å². The largest absolute Gasteiger partial charge is 0.417 e. The SMILES string of the molecule is FC(F)(F)c1ccccc1-c1ccc2c(c1)N1CCNCCC1C2. The van der Waals surface area contributed by atoms with Gasteiger partial charge in [-0.05, 0) is 48.2 Å². The monoisotopic (exact) mass is 332 g/mol. The summed E-state index contributed by atoms with van der Waals surface area (Å²) in [5.41, 5.74) is 2.66. The highest BCUT2D eigenvalue weighted by atomic mass is 19.4. The van der Waals surface area contributed by atoms with E-state index in [4.69, 9.17) is 0 Å². The van der Waals surface area contributed by atoms with Crippen molar-refractivity contribution in [1.29, 1.82) is 0 Å². The number of alkyl halides is 3. The van der Waals surface area contributed by atoms with E-state index >= 15 is 0 Å². The maximum Gasteiger partial charge on any atom is 0.417 e. The van der Waals surface area contributed by atoms with E-state index in [0.717, 1.165) is 44.2 Å². The van der Waals surface area contributed by atoms with Gasteiger partial charge in [-0.3, -0.25) is 0 Å². The molecular weight excluding hydrogens is 313 g/mol. The second kappa shape index (κ2) is 5.81.